The number of anilines is 1. The molecule has 10 heteroatoms. The molecule has 0 fully saturated rings. The van der Waals surface area contributed by atoms with Crippen molar-refractivity contribution in [2.75, 3.05) is 23.7 Å². The van der Waals surface area contributed by atoms with Gasteiger partial charge < -0.3 is 15.0 Å². The predicted octanol–water partition coefficient (Wildman–Crippen LogP) is 6.87. The van der Waals surface area contributed by atoms with Crippen LogP contribution < -0.4 is 14.4 Å². The second kappa shape index (κ2) is 17.2. The van der Waals surface area contributed by atoms with Gasteiger partial charge in [-0.1, -0.05) is 73.7 Å². The Hall–Kier alpha value is -4.28. The van der Waals surface area contributed by atoms with Gasteiger partial charge in [-0.2, -0.15) is 0 Å². The number of rotatable bonds is 16. The lowest BCUT2D eigenvalue weighted by molar-refractivity contribution is -0.140. The zero-order chi connectivity index (χ0) is 34.7. The third-order valence-electron chi connectivity index (χ3n) is 8.23. The first-order chi connectivity index (χ1) is 23.1. The molecule has 48 heavy (non-hydrogen) atoms. The molecule has 8 nitrogen and oxygen atoms in total. The van der Waals surface area contributed by atoms with E-state index in [-0.39, 0.29) is 35.5 Å². The van der Waals surface area contributed by atoms with Gasteiger partial charge in [0.25, 0.3) is 10.0 Å². The summed E-state index contributed by atoms with van der Waals surface area (Å²) in [4.78, 5) is 31.3. The van der Waals surface area contributed by atoms with Gasteiger partial charge in [0, 0.05) is 23.9 Å². The summed E-state index contributed by atoms with van der Waals surface area (Å²) < 4.78 is 35.9. The molecular weight excluding hydrogens is 643 g/mol. The molecular formula is C38H45N3O5S2. The SMILES string of the molecule is CCOc1ccccc1N(CC(=O)N(Cc1ccccc1C)[C@H](Cc1ccccc1)C(=O)N[C@@H](C)CC)S(=O)(=O)c1ccc(SC)cc1. The maximum atomic E-state index is 14.8. The number of carbonyl (C=O) groups is 2. The Bertz CT molecular complexity index is 1760. The molecule has 0 aliphatic rings. The van der Waals surface area contributed by atoms with Crippen LogP contribution in [0.1, 0.15) is 43.9 Å². The second-order valence-electron chi connectivity index (χ2n) is 11.6. The average molecular weight is 688 g/mol. The molecule has 0 saturated heterocycles. The minimum atomic E-state index is -4.26. The van der Waals surface area contributed by atoms with Gasteiger partial charge in [-0.15, -0.1) is 11.8 Å². The Kier molecular flexibility index (Phi) is 13.1. The highest BCUT2D eigenvalue weighted by Crippen LogP contribution is 2.33. The van der Waals surface area contributed by atoms with Crippen LogP contribution in [0.2, 0.25) is 0 Å². The molecule has 1 N–H and O–H groups in total. The zero-order valence-corrected chi connectivity index (χ0v) is 29.9. The van der Waals surface area contributed by atoms with E-state index in [9.17, 15) is 18.0 Å². The number of thioether (sulfide) groups is 1. The number of aryl methyl sites for hydroxylation is 1. The van der Waals surface area contributed by atoms with Crippen molar-refractivity contribution in [1.82, 2.24) is 10.2 Å². The lowest BCUT2D eigenvalue weighted by atomic mass is 10.0. The first-order valence-electron chi connectivity index (χ1n) is 16.2. The van der Waals surface area contributed by atoms with Crippen LogP contribution in [-0.4, -0.2) is 56.6 Å². The lowest BCUT2D eigenvalue weighted by Crippen LogP contribution is -2.54. The molecule has 4 rings (SSSR count). The fourth-order valence-corrected chi connectivity index (χ4v) is 7.13. The standard InChI is InChI=1S/C38H45N3O5S2/c1-6-29(4)39-38(43)35(25-30-16-9-8-10-17-30)40(26-31-18-12-11-15-28(31)3)37(42)27-41(34-19-13-14-20-36(34)46-7-2)48(44,45)33-23-21-32(47-5)22-24-33/h8-24,29,35H,6-7,25-27H2,1-5H3,(H,39,43)/t29-,35+/m0/s1. The van der Waals surface area contributed by atoms with Crippen molar-refractivity contribution in [1.29, 1.82) is 0 Å². The zero-order valence-electron chi connectivity index (χ0n) is 28.3. The van der Waals surface area contributed by atoms with E-state index in [0.717, 1.165) is 25.9 Å². The monoisotopic (exact) mass is 687 g/mol. The molecule has 0 saturated carbocycles. The summed E-state index contributed by atoms with van der Waals surface area (Å²) in [6, 6.07) is 29.6. The third kappa shape index (κ3) is 9.20. The van der Waals surface area contributed by atoms with Crippen LogP contribution in [-0.2, 0) is 32.6 Å². The molecule has 0 spiro atoms. The highest BCUT2D eigenvalue weighted by Gasteiger charge is 2.36. The van der Waals surface area contributed by atoms with Gasteiger partial charge in [0.05, 0.1) is 17.2 Å². The van der Waals surface area contributed by atoms with Crippen LogP contribution in [0.4, 0.5) is 5.69 Å². The van der Waals surface area contributed by atoms with Crippen molar-refractivity contribution in [3.05, 3.63) is 120 Å². The highest BCUT2D eigenvalue weighted by molar-refractivity contribution is 7.98. The number of hydrogen-bond donors (Lipinski definition) is 1. The molecule has 0 aliphatic heterocycles. The van der Waals surface area contributed by atoms with E-state index in [1.165, 1.54) is 16.7 Å². The van der Waals surface area contributed by atoms with Crippen molar-refractivity contribution in [3.63, 3.8) is 0 Å². The molecule has 0 aliphatic carbocycles. The van der Waals surface area contributed by atoms with Crippen molar-refractivity contribution in [3.8, 4) is 5.75 Å². The normalized spacial score (nSPS) is 12.5. The molecule has 0 aromatic heterocycles. The Morgan fingerprint density at radius 2 is 1.52 bits per heavy atom. The first kappa shape index (κ1) is 36.6. The molecule has 0 heterocycles. The average Bonchev–Trinajstić information content (AvgIpc) is 3.10. The van der Waals surface area contributed by atoms with E-state index >= 15 is 0 Å². The van der Waals surface area contributed by atoms with Crippen LogP contribution >= 0.6 is 11.8 Å². The summed E-state index contributed by atoms with van der Waals surface area (Å²) in [7, 11) is -4.26. The van der Waals surface area contributed by atoms with Crippen molar-refractivity contribution >= 4 is 39.3 Å². The van der Waals surface area contributed by atoms with Gasteiger partial charge in [-0.05, 0) is 86.5 Å². The number of amides is 2. The summed E-state index contributed by atoms with van der Waals surface area (Å²) >= 11 is 1.50. The van der Waals surface area contributed by atoms with E-state index < -0.39 is 28.5 Å². The van der Waals surface area contributed by atoms with Gasteiger partial charge in [0.2, 0.25) is 11.8 Å². The van der Waals surface area contributed by atoms with Gasteiger partial charge >= 0.3 is 0 Å². The largest absolute Gasteiger partial charge is 0.492 e. The number of hydrogen-bond acceptors (Lipinski definition) is 6. The molecule has 0 radical (unpaired) electrons. The topological polar surface area (TPSA) is 96.0 Å². The van der Waals surface area contributed by atoms with E-state index in [0.29, 0.717) is 18.8 Å². The second-order valence-corrected chi connectivity index (χ2v) is 14.3. The van der Waals surface area contributed by atoms with Crippen molar-refractivity contribution in [2.45, 2.75) is 69.0 Å². The smallest absolute Gasteiger partial charge is 0.264 e. The van der Waals surface area contributed by atoms with E-state index in [4.69, 9.17) is 4.74 Å². The minimum Gasteiger partial charge on any atom is -0.492 e. The number of nitrogens with zero attached hydrogens (tertiary/aromatic N) is 2. The van der Waals surface area contributed by atoms with Crippen molar-refractivity contribution < 1.29 is 22.7 Å². The fraction of sp³-hybridized carbons (Fsp3) is 0.316. The third-order valence-corrected chi connectivity index (χ3v) is 10.8. The Morgan fingerprint density at radius 1 is 0.875 bits per heavy atom. The van der Waals surface area contributed by atoms with Crippen LogP contribution in [0, 0.1) is 6.92 Å². The number of sulfonamides is 1. The first-order valence-corrected chi connectivity index (χ1v) is 18.8. The molecule has 0 bridgehead atoms. The molecule has 2 atom stereocenters. The van der Waals surface area contributed by atoms with Crippen LogP contribution in [0.5, 0.6) is 5.75 Å². The molecule has 4 aromatic rings. The van der Waals surface area contributed by atoms with E-state index in [1.54, 1.807) is 48.5 Å². The number of benzene rings is 4. The molecule has 2 amide bonds. The van der Waals surface area contributed by atoms with Gasteiger partial charge in [0.1, 0.15) is 18.3 Å². The highest BCUT2D eigenvalue weighted by atomic mass is 32.2. The lowest BCUT2D eigenvalue weighted by Gasteiger charge is -2.35. The molecule has 4 aromatic carbocycles. The number of nitrogens with one attached hydrogen (secondary N) is 1. The van der Waals surface area contributed by atoms with Crippen LogP contribution in [0.25, 0.3) is 0 Å². The summed E-state index contributed by atoms with van der Waals surface area (Å²) in [6.45, 7) is 7.54. The predicted molar refractivity (Wildman–Crippen MR) is 194 cm³/mol. The van der Waals surface area contributed by atoms with Crippen molar-refractivity contribution in [2.24, 2.45) is 0 Å². The Morgan fingerprint density at radius 3 is 2.17 bits per heavy atom. The molecule has 0 unspecified atom stereocenters. The fourth-order valence-electron chi connectivity index (χ4n) is 5.30. The maximum Gasteiger partial charge on any atom is 0.264 e. The minimum absolute atomic E-state index is 0.0419. The Labute approximate surface area is 289 Å². The number of ether oxygens (including phenoxy) is 1. The van der Waals surface area contributed by atoms with Crippen LogP contribution in [0.3, 0.4) is 0 Å². The summed E-state index contributed by atoms with van der Waals surface area (Å²) in [6.07, 6.45) is 2.88. The number of carbonyl (C=O) groups excluding carboxylic acids is 2. The van der Waals surface area contributed by atoms with Crippen LogP contribution in [0.15, 0.2) is 113 Å². The molecule has 254 valence electrons. The summed E-state index contributed by atoms with van der Waals surface area (Å²) in [5.41, 5.74) is 2.93. The Balaban J connectivity index is 1.85. The quantitative estimate of drug-likeness (QED) is 0.129. The number of para-hydroxylation sites is 2. The van der Waals surface area contributed by atoms with Gasteiger partial charge in [-0.25, -0.2) is 8.42 Å². The summed E-state index contributed by atoms with van der Waals surface area (Å²) in [5, 5.41) is 3.08. The van der Waals surface area contributed by atoms with Gasteiger partial charge in [-0.3, -0.25) is 13.9 Å². The van der Waals surface area contributed by atoms with E-state index in [2.05, 4.69) is 5.32 Å². The van der Waals surface area contributed by atoms with Gasteiger partial charge in [0.15, 0.2) is 0 Å². The van der Waals surface area contributed by atoms with E-state index in [1.807, 2.05) is 88.5 Å². The summed E-state index contributed by atoms with van der Waals surface area (Å²) in [5.74, 6) is -0.487. The maximum absolute atomic E-state index is 14.8.